The minimum absolute atomic E-state index is 0.0165. The van der Waals surface area contributed by atoms with Gasteiger partial charge in [-0.25, -0.2) is 4.79 Å². The molecule has 0 saturated carbocycles. The van der Waals surface area contributed by atoms with Crippen LogP contribution in [0.3, 0.4) is 0 Å². The van der Waals surface area contributed by atoms with Gasteiger partial charge in [0.15, 0.2) is 6.10 Å². The number of ether oxygens (including phenoxy) is 1. The zero-order chi connectivity index (χ0) is 13.3. The molecular formula is C13H14ClNO3. The minimum atomic E-state index is -0.756. The van der Waals surface area contributed by atoms with E-state index in [4.69, 9.17) is 16.3 Å². The quantitative estimate of drug-likeness (QED) is 0.834. The van der Waals surface area contributed by atoms with Crippen LogP contribution in [0.25, 0.3) is 0 Å². The van der Waals surface area contributed by atoms with Gasteiger partial charge in [-0.2, -0.15) is 0 Å². The predicted octanol–water partition coefficient (Wildman–Crippen LogP) is 1.95. The molecule has 0 aromatic heterocycles. The summed E-state index contributed by atoms with van der Waals surface area (Å²) >= 11 is 5.82. The van der Waals surface area contributed by atoms with E-state index in [1.165, 1.54) is 0 Å². The Labute approximate surface area is 110 Å². The van der Waals surface area contributed by atoms with E-state index < -0.39 is 12.1 Å². The lowest BCUT2D eigenvalue weighted by atomic mass is 9.98. The van der Waals surface area contributed by atoms with Gasteiger partial charge in [0.1, 0.15) is 0 Å². The Balaban J connectivity index is 2.20. The number of carbonyl (C=O) groups excluding carboxylic acids is 2. The summed E-state index contributed by atoms with van der Waals surface area (Å²) in [6.07, 6.45) is -0.370. The maximum absolute atomic E-state index is 11.8. The average Bonchev–Trinajstić information content (AvgIpc) is 2.29. The van der Waals surface area contributed by atoms with Crippen molar-refractivity contribution < 1.29 is 14.3 Å². The molecule has 5 heteroatoms. The van der Waals surface area contributed by atoms with Gasteiger partial charge in [0.05, 0.1) is 5.56 Å². The second-order valence-corrected chi connectivity index (χ2v) is 5.00. The average molecular weight is 268 g/mol. The molecule has 1 atom stereocenters. The molecule has 1 unspecified atom stereocenters. The van der Waals surface area contributed by atoms with E-state index in [-0.39, 0.29) is 11.9 Å². The Morgan fingerprint density at radius 1 is 1.50 bits per heavy atom. The lowest BCUT2D eigenvalue weighted by Gasteiger charge is -2.24. The SMILES string of the molecule is CC(C)NC(=O)C1Cc2ccc(Cl)cc2C(=O)O1. The molecule has 96 valence electrons. The first-order valence-corrected chi connectivity index (χ1v) is 6.15. The maximum atomic E-state index is 11.8. The third-order valence-electron chi connectivity index (χ3n) is 2.67. The fraction of sp³-hybridized carbons (Fsp3) is 0.385. The largest absolute Gasteiger partial charge is 0.448 e. The third-order valence-corrected chi connectivity index (χ3v) is 2.90. The summed E-state index contributed by atoms with van der Waals surface area (Å²) in [5, 5.41) is 3.22. The fourth-order valence-electron chi connectivity index (χ4n) is 1.87. The molecule has 1 aliphatic rings. The zero-order valence-corrected chi connectivity index (χ0v) is 11.0. The predicted molar refractivity (Wildman–Crippen MR) is 67.6 cm³/mol. The van der Waals surface area contributed by atoms with Crippen molar-refractivity contribution in [2.75, 3.05) is 0 Å². The van der Waals surface area contributed by atoms with Crippen LogP contribution in [-0.4, -0.2) is 24.0 Å². The monoisotopic (exact) mass is 267 g/mol. The second kappa shape index (κ2) is 4.98. The molecule has 1 heterocycles. The molecule has 0 saturated heterocycles. The number of carbonyl (C=O) groups is 2. The summed E-state index contributed by atoms with van der Waals surface area (Å²) in [6.45, 7) is 3.71. The number of amides is 1. The molecule has 1 N–H and O–H groups in total. The summed E-state index contributed by atoms with van der Waals surface area (Å²) in [7, 11) is 0. The molecule has 0 fully saturated rings. The van der Waals surface area contributed by atoms with Crippen molar-refractivity contribution in [2.24, 2.45) is 0 Å². The van der Waals surface area contributed by atoms with Crippen molar-refractivity contribution in [3.63, 3.8) is 0 Å². The molecule has 0 bridgehead atoms. The molecule has 1 aromatic carbocycles. The van der Waals surface area contributed by atoms with Gasteiger partial charge in [0, 0.05) is 17.5 Å². The standard InChI is InChI=1S/C13H14ClNO3/c1-7(2)15-12(16)11-5-8-3-4-9(14)6-10(8)13(17)18-11/h3-4,6-7,11H,5H2,1-2H3,(H,15,16). The van der Waals surface area contributed by atoms with Crippen LogP contribution in [-0.2, 0) is 16.0 Å². The summed E-state index contributed by atoms with van der Waals surface area (Å²) in [5.41, 5.74) is 1.23. The Bertz CT molecular complexity index is 499. The number of halogens is 1. The van der Waals surface area contributed by atoms with Gasteiger partial charge in [-0.15, -0.1) is 0 Å². The van der Waals surface area contributed by atoms with Crippen LogP contribution in [0, 0.1) is 0 Å². The molecule has 18 heavy (non-hydrogen) atoms. The summed E-state index contributed by atoms with van der Waals surface area (Å²) in [5.74, 6) is -0.762. The zero-order valence-electron chi connectivity index (χ0n) is 10.2. The van der Waals surface area contributed by atoms with Crippen LogP contribution in [0.15, 0.2) is 18.2 Å². The van der Waals surface area contributed by atoms with E-state index in [0.29, 0.717) is 17.0 Å². The van der Waals surface area contributed by atoms with Gasteiger partial charge in [-0.3, -0.25) is 4.79 Å². The molecule has 2 rings (SSSR count). The molecule has 0 spiro atoms. The summed E-state index contributed by atoms with van der Waals surface area (Å²) in [4.78, 5) is 23.6. The molecule has 1 amide bonds. The Hall–Kier alpha value is -1.55. The van der Waals surface area contributed by atoms with Crippen LogP contribution >= 0.6 is 11.6 Å². The first-order valence-electron chi connectivity index (χ1n) is 5.77. The highest BCUT2D eigenvalue weighted by molar-refractivity contribution is 6.31. The normalized spacial score (nSPS) is 18.2. The summed E-state index contributed by atoms with van der Waals surface area (Å²) < 4.78 is 5.12. The number of benzene rings is 1. The number of hydrogen-bond donors (Lipinski definition) is 1. The first kappa shape index (κ1) is 12.9. The summed E-state index contributed by atoms with van der Waals surface area (Å²) in [6, 6.07) is 5.04. The maximum Gasteiger partial charge on any atom is 0.339 e. The highest BCUT2D eigenvalue weighted by Gasteiger charge is 2.31. The van der Waals surface area contributed by atoms with E-state index in [0.717, 1.165) is 5.56 Å². The molecule has 4 nitrogen and oxygen atoms in total. The van der Waals surface area contributed by atoms with Gasteiger partial charge in [-0.1, -0.05) is 17.7 Å². The van der Waals surface area contributed by atoms with Gasteiger partial charge in [0.2, 0.25) is 0 Å². The van der Waals surface area contributed by atoms with E-state index in [9.17, 15) is 9.59 Å². The van der Waals surface area contributed by atoms with E-state index >= 15 is 0 Å². The molecule has 1 aromatic rings. The number of hydrogen-bond acceptors (Lipinski definition) is 3. The van der Waals surface area contributed by atoms with E-state index in [2.05, 4.69) is 5.32 Å². The number of esters is 1. The lowest BCUT2D eigenvalue weighted by molar-refractivity contribution is -0.130. The molecule has 1 aliphatic heterocycles. The van der Waals surface area contributed by atoms with Crippen molar-refractivity contribution >= 4 is 23.5 Å². The number of cyclic esters (lactones) is 1. The Morgan fingerprint density at radius 3 is 2.89 bits per heavy atom. The van der Waals surface area contributed by atoms with Crippen molar-refractivity contribution in [3.8, 4) is 0 Å². The third kappa shape index (κ3) is 2.64. The van der Waals surface area contributed by atoms with Crippen molar-refractivity contribution in [1.82, 2.24) is 5.32 Å². The topological polar surface area (TPSA) is 55.4 Å². The van der Waals surface area contributed by atoms with E-state index in [1.807, 2.05) is 13.8 Å². The van der Waals surface area contributed by atoms with E-state index in [1.54, 1.807) is 18.2 Å². The minimum Gasteiger partial charge on any atom is -0.448 e. The first-order chi connectivity index (χ1) is 8.47. The van der Waals surface area contributed by atoms with Crippen LogP contribution in [0.1, 0.15) is 29.8 Å². The lowest BCUT2D eigenvalue weighted by Crippen LogP contribution is -2.44. The number of rotatable bonds is 2. The molecule has 0 aliphatic carbocycles. The van der Waals surface area contributed by atoms with Gasteiger partial charge < -0.3 is 10.1 Å². The fourth-order valence-corrected chi connectivity index (χ4v) is 2.05. The smallest absolute Gasteiger partial charge is 0.339 e. The Kier molecular flexibility index (Phi) is 3.57. The van der Waals surface area contributed by atoms with Crippen molar-refractivity contribution in [3.05, 3.63) is 34.3 Å². The van der Waals surface area contributed by atoms with Crippen LogP contribution < -0.4 is 5.32 Å². The molecular weight excluding hydrogens is 254 g/mol. The highest BCUT2D eigenvalue weighted by atomic mass is 35.5. The van der Waals surface area contributed by atoms with Crippen LogP contribution in [0.5, 0.6) is 0 Å². The molecule has 0 radical (unpaired) electrons. The van der Waals surface area contributed by atoms with Crippen molar-refractivity contribution in [1.29, 1.82) is 0 Å². The van der Waals surface area contributed by atoms with Crippen LogP contribution in [0.4, 0.5) is 0 Å². The number of nitrogens with one attached hydrogen (secondary N) is 1. The second-order valence-electron chi connectivity index (χ2n) is 4.56. The van der Waals surface area contributed by atoms with Gasteiger partial charge in [-0.05, 0) is 31.5 Å². The highest BCUT2D eigenvalue weighted by Crippen LogP contribution is 2.24. The van der Waals surface area contributed by atoms with Crippen molar-refractivity contribution in [2.45, 2.75) is 32.4 Å². The Morgan fingerprint density at radius 2 is 2.22 bits per heavy atom. The van der Waals surface area contributed by atoms with Crippen LogP contribution in [0.2, 0.25) is 5.02 Å². The van der Waals surface area contributed by atoms with Gasteiger partial charge >= 0.3 is 5.97 Å². The van der Waals surface area contributed by atoms with Gasteiger partial charge in [0.25, 0.3) is 5.91 Å². The number of fused-ring (bicyclic) bond motifs is 1.